The monoisotopic (exact) mass is 279 g/mol. The molecule has 1 N–H and O–H groups in total. The maximum absolute atomic E-state index is 12.5. The highest BCUT2D eigenvalue weighted by Crippen LogP contribution is 2.25. The summed E-state index contributed by atoms with van der Waals surface area (Å²) in [6.45, 7) is 1.34. The zero-order valence-electron chi connectivity index (χ0n) is 10.1. The molecule has 7 heteroatoms. The van der Waals surface area contributed by atoms with Crippen LogP contribution < -0.4 is 4.90 Å². The Labute approximate surface area is 110 Å². The summed E-state index contributed by atoms with van der Waals surface area (Å²) < 4.78 is 25.0. The maximum Gasteiger partial charge on any atom is 0.255 e. The smallest absolute Gasteiger partial charge is 0.255 e. The van der Waals surface area contributed by atoms with E-state index in [-0.39, 0.29) is 18.3 Å². The van der Waals surface area contributed by atoms with Crippen LogP contribution in [0.2, 0.25) is 5.15 Å². The minimum atomic E-state index is -2.50. The molecule has 1 aromatic rings. The van der Waals surface area contributed by atoms with Crippen LogP contribution in [0.25, 0.3) is 0 Å². The van der Waals surface area contributed by atoms with Gasteiger partial charge in [-0.3, -0.25) is 0 Å². The van der Waals surface area contributed by atoms with E-state index in [4.69, 9.17) is 16.7 Å². The van der Waals surface area contributed by atoms with Crippen LogP contribution in [0.3, 0.4) is 0 Å². The topological polar surface area (TPSA) is 49.2 Å². The first-order chi connectivity index (χ1) is 8.60. The zero-order valence-corrected chi connectivity index (χ0v) is 10.9. The van der Waals surface area contributed by atoms with Crippen LogP contribution in [0.5, 0.6) is 0 Å². The van der Waals surface area contributed by atoms with E-state index < -0.39 is 13.0 Å². The standard InChI is InChI=1S/C11H16ClF2N3O/c1-2-3-8-10(12)15-7-16-11(8)17(4-5-18)6-9(13)14/h7,9,18H,2-6H2,1H3. The molecule has 1 heterocycles. The van der Waals surface area contributed by atoms with E-state index in [1.165, 1.54) is 11.2 Å². The highest BCUT2D eigenvalue weighted by atomic mass is 35.5. The first kappa shape index (κ1) is 15.0. The van der Waals surface area contributed by atoms with Gasteiger partial charge in [-0.1, -0.05) is 24.9 Å². The number of anilines is 1. The fraction of sp³-hybridized carbons (Fsp3) is 0.636. The fourth-order valence-electron chi connectivity index (χ4n) is 1.69. The van der Waals surface area contributed by atoms with Crippen molar-refractivity contribution in [2.75, 3.05) is 24.6 Å². The first-order valence-electron chi connectivity index (χ1n) is 5.73. The van der Waals surface area contributed by atoms with Crippen LogP contribution in [-0.2, 0) is 6.42 Å². The van der Waals surface area contributed by atoms with Crippen LogP contribution in [0.15, 0.2) is 6.33 Å². The third kappa shape index (κ3) is 4.03. The molecular weight excluding hydrogens is 264 g/mol. The average Bonchev–Trinajstić information content (AvgIpc) is 2.31. The predicted molar refractivity (Wildman–Crippen MR) is 66.3 cm³/mol. The molecule has 4 nitrogen and oxygen atoms in total. The molecular formula is C11H16ClF2N3O. The summed E-state index contributed by atoms with van der Waals surface area (Å²) in [6.07, 6.45) is 0.161. The van der Waals surface area contributed by atoms with Crippen molar-refractivity contribution in [3.05, 3.63) is 17.0 Å². The molecule has 0 aliphatic heterocycles. The van der Waals surface area contributed by atoms with E-state index in [2.05, 4.69) is 9.97 Å². The number of nitrogens with zero attached hydrogens (tertiary/aromatic N) is 3. The molecule has 1 rings (SSSR count). The van der Waals surface area contributed by atoms with Crippen molar-refractivity contribution >= 4 is 17.4 Å². The lowest BCUT2D eigenvalue weighted by atomic mass is 10.1. The van der Waals surface area contributed by atoms with Gasteiger partial charge in [-0.15, -0.1) is 0 Å². The van der Waals surface area contributed by atoms with Crippen molar-refractivity contribution in [2.45, 2.75) is 26.2 Å². The Bertz CT molecular complexity index is 379. The van der Waals surface area contributed by atoms with Gasteiger partial charge < -0.3 is 10.0 Å². The summed E-state index contributed by atoms with van der Waals surface area (Å²) in [5.74, 6) is 0.381. The molecule has 0 saturated carbocycles. The number of alkyl halides is 2. The van der Waals surface area contributed by atoms with Crippen molar-refractivity contribution < 1.29 is 13.9 Å². The lowest BCUT2D eigenvalue weighted by molar-refractivity contribution is 0.152. The molecule has 0 atom stereocenters. The van der Waals surface area contributed by atoms with Crippen molar-refractivity contribution in [1.29, 1.82) is 0 Å². The van der Waals surface area contributed by atoms with Gasteiger partial charge in [-0.05, 0) is 6.42 Å². The highest BCUT2D eigenvalue weighted by Gasteiger charge is 2.18. The second-order valence-electron chi connectivity index (χ2n) is 3.78. The van der Waals surface area contributed by atoms with E-state index in [1.807, 2.05) is 6.92 Å². The quantitative estimate of drug-likeness (QED) is 0.777. The summed E-state index contributed by atoms with van der Waals surface area (Å²) in [7, 11) is 0. The molecule has 102 valence electrons. The lowest BCUT2D eigenvalue weighted by Crippen LogP contribution is -2.33. The van der Waals surface area contributed by atoms with Gasteiger partial charge in [0.15, 0.2) is 0 Å². The van der Waals surface area contributed by atoms with Gasteiger partial charge in [-0.2, -0.15) is 0 Å². The van der Waals surface area contributed by atoms with E-state index in [1.54, 1.807) is 0 Å². The number of halogens is 3. The van der Waals surface area contributed by atoms with Gasteiger partial charge in [0.1, 0.15) is 17.3 Å². The van der Waals surface area contributed by atoms with Gasteiger partial charge in [0.2, 0.25) is 0 Å². The van der Waals surface area contributed by atoms with E-state index >= 15 is 0 Å². The van der Waals surface area contributed by atoms with E-state index in [0.29, 0.717) is 17.8 Å². The van der Waals surface area contributed by atoms with Crippen LogP contribution in [0.4, 0.5) is 14.6 Å². The molecule has 0 amide bonds. The third-order valence-corrected chi connectivity index (χ3v) is 2.72. The number of hydrogen-bond donors (Lipinski definition) is 1. The maximum atomic E-state index is 12.5. The number of aromatic nitrogens is 2. The number of hydrogen-bond acceptors (Lipinski definition) is 4. The Morgan fingerprint density at radius 3 is 2.72 bits per heavy atom. The van der Waals surface area contributed by atoms with Crippen LogP contribution in [-0.4, -0.2) is 41.2 Å². The van der Waals surface area contributed by atoms with Crippen molar-refractivity contribution in [1.82, 2.24) is 9.97 Å². The van der Waals surface area contributed by atoms with Crippen LogP contribution in [0.1, 0.15) is 18.9 Å². The molecule has 0 spiro atoms. The average molecular weight is 280 g/mol. The normalized spacial score (nSPS) is 11.0. The Balaban J connectivity index is 3.05. The Morgan fingerprint density at radius 1 is 1.44 bits per heavy atom. The van der Waals surface area contributed by atoms with E-state index in [0.717, 1.165) is 6.42 Å². The Kier molecular flexibility index (Phi) is 6.21. The number of aliphatic hydroxyl groups is 1. The molecule has 0 unspecified atom stereocenters. The van der Waals surface area contributed by atoms with Crippen LogP contribution in [0, 0.1) is 0 Å². The Morgan fingerprint density at radius 2 is 2.17 bits per heavy atom. The molecule has 18 heavy (non-hydrogen) atoms. The molecule has 1 aromatic heterocycles. The Hall–Kier alpha value is -1.01. The second kappa shape index (κ2) is 7.43. The van der Waals surface area contributed by atoms with Crippen molar-refractivity contribution in [3.8, 4) is 0 Å². The van der Waals surface area contributed by atoms with E-state index in [9.17, 15) is 8.78 Å². The summed E-state index contributed by atoms with van der Waals surface area (Å²) >= 11 is 5.96. The zero-order chi connectivity index (χ0) is 13.5. The van der Waals surface area contributed by atoms with Gasteiger partial charge in [-0.25, -0.2) is 18.7 Å². The molecule has 0 aromatic carbocycles. The molecule has 0 aliphatic carbocycles. The molecule has 0 radical (unpaired) electrons. The largest absolute Gasteiger partial charge is 0.395 e. The van der Waals surface area contributed by atoms with Crippen LogP contribution >= 0.6 is 11.6 Å². The lowest BCUT2D eigenvalue weighted by Gasteiger charge is -2.24. The fourth-order valence-corrected chi connectivity index (χ4v) is 1.91. The summed E-state index contributed by atoms with van der Waals surface area (Å²) in [5.41, 5.74) is 0.649. The van der Waals surface area contributed by atoms with Crippen molar-refractivity contribution in [2.24, 2.45) is 0 Å². The second-order valence-corrected chi connectivity index (χ2v) is 4.14. The summed E-state index contributed by atoms with van der Waals surface area (Å²) in [4.78, 5) is 9.21. The number of rotatable bonds is 7. The number of aliphatic hydroxyl groups excluding tert-OH is 1. The molecule has 0 aliphatic rings. The third-order valence-electron chi connectivity index (χ3n) is 2.40. The first-order valence-corrected chi connectivity index (χ1v) is 6.11. The van der Waals surface area contributed by atoms with Gasteiger partial charge >= 0.3 is 0 Å². The van der Waals surface area contributed by atoms with Gasteiger partial charge in [0.05, 0.1) is 13.2 Å². The summed E-state index contributed by atoms with van der Waals surface area (Å²) in [5, 5.41) is 9.21. The van der Waals surface area contributed by atoms with Gasteiger partial charge in [0.25, 0.3) is 6.43 Å². The SMILES string of the molecule is CCCc1c(Cl)ncnc1N(CCO)CC(F)F. The highest BCUT2D eigenvalue weighted by molar-refractivity contribution is 6.30. The summed E-state index contributed by atoms with van der Waals surface area (Å²) in [6, 6.07) is 0. The molecule has 0 saturated heterocycles. The minimum Gasteiger partial charge on any atom is -0.395 e. The van der Waals surface area contributed by atoms with Crippen molar-refractivity contribution in [3.63, 3.8) is 0 Å². The molecule has 0 fully saturated rings. The van der Waals surface area contributed by atoms with Gasteiger partial charge in [0, 0.05) is 12.1 Å². The molecule has 0 bridgehead atoms. The predicted octanol–water partition coefficient (Wildman–Crippen LogP) is 2.15. The minimum absolute atomic E-state index is 0.0917.